The lowest BCUT2D eigenvalue weighted by molar-refractivity contribution is 0.311. The van der Waals surface area contributed by atoms with Gasteiger partial charge in [-0.15, -0.1) is 0 Å². The molecule has 0 radical (unpaired) electrons. The minimum Gasteiger partial charge on any atom is -0.493 e. The molecule has 1 aliphatic carbocycles. The summed E-state index contributed by atoms with van der Waals surface area (Å²) in [5, 5.41) is 0. The fourth-order valence-electron chi connectivity index (χ4n) is 2.73. The first-order valence-corrected chi connectivity index (χ1v) is 6.55. The SMILES string of the molecule is COc1cccc(C2CN=C(N)N2C2CC2)c1OC. The molecule has 1 aliphatic heterocycles. The van der Waals surface area contributed by atoms with Crippen LogP contribution in [0.3, 0.4) is 0 Å². The van der Waals surface area contributed by atoms with E-state index in [9.17, 15) is 0 Å². The number of para-hydroxylation sites is 1. The van der Waals surface area contributed by atoms with E-state index in [1.807, 2.05) is 12.1 Å². The van der Waals surface area contributed by atoms with E-state index in [1.165, 1.54) is 12.8 Å². The maximum Gasteiger partial charge on any atom is 0.192 e. The average Bonchev–Trinajstić information content (AvgIpc) is 3.20. The Bertz CT molecular complexity index is 511. The lowest BCUT2D eigenvalue weighted by atomic mass is 10.0. The van der Waals surface area contributed by atoms with Crippen molar-refractivity contribution in [2.75, 3.05) is 20.8 Å². The summed E-state index contributed by atoms with van der Waals surface area (Å²) in [5.74, 6) is 2.18. The van der Waals surface area contributed by atoms with Gasteiger partial charge in [0.1, 0.15) is 0 Å². The first-order valence-electron chi connectivity index (χ1n) is 6.55. The molecule has 2 N–H and O–H groups in total. The summed E-state index contributed by atoms with van der Waals surface area (Å²) < 4.78 is 10.9. The topological polar surface area (TPSA) is 60.1 Å². The van der Waals surface area contributed by atoms with Gasteiger partial charge in [0, 0.05) is 11.6 Å². The van der Waals surface area contributed by atoms with E-state index in [1.54, 1.807) is 14.2 Å². The molecule has 3 rings (SSSR count). The Labute approximate surface area is 113 Å². The number of nitrogens with two attached hydrogens (primary N) is 1. The maximum atomic E-state index is 6.01. The van der Waals surface area contributed by atoms with Crippen molar-refractivity contribution in [3.63, 3.8) is 0 Å². The highest BCUT2D eigenvalue weighted by Crippen LogP contribution is 2.42. The maximum absolute atomic E-state index is 6.01. The molecule has 5 nitrogen and oxygen atoms in total. The minimum absolute atomic E-state index is 0.164. The standard InChI is InChI=1S/C14H19N3O2/c1-18-12-5-3-4-10(13(12)19-2)11-8-16-14(15)17(11)9-6-7-9/h3-5,9,11H,6-8H2,1-2H3,(H2,15,16). The van der Waals surface area contributed by atoms with E-state index < -0.39 is 0 Å². The number of nitrogens with zero attached hydrogens (tertiary/aromatic N) is 2. The van der Waals surface area contributed by atoms with E-state index >= 15 is 0 Å². The minimum atomic E-state index is 0.164. The molecule has 5 heteroatoms. The molecule has 1 aromatic carbocycles. The molecule has 0 amide bonds. The molecular weight excluding hydrogens is 242 g/mol. The predicted octanol–water partition coefficient (Wildman–Crippen LogP) is 1.54. The fourth-order valence-corrected chi connectivity index (χ4v) is 2.73. The number of hydrogen-bond acceptors (Lipinski definition) is 5. The van der Waals surface area contributed by atoms with Crippen LogP contribution in [0.25, 0.3) is 0 Å². The van der Waals surface area contributed by atoms with Gasteiger partial charge in [-0.05, 0) is 18.9 Å². The number of ether oxygens (including phenoxy) is 2. The quantitative estimate of drug-likeness (QED) is 0.893. The Morgan fingerprint density at radius 3 is 2.68 bits per heavy atom. The summed E-state index contributed by atoms with van der Waals surface area (Å²) in [6.07, 6.45) is 2.39. The first-order chi connectivity index (χ1) is 9.26. The molecule has 1 fully saturated rings. The largest absolute Gasteiger partial charge is 0.493 e. The third-order valence-corrected chi connectivity index (χ3v) is 3.76. The average molecular weight is 261 g/mol. The van der Waals surface area contributed by atoms with Crippen LogP contribution in [0, 0.1) is 0 Å². The van der Waals surface area contributed by atoms with E-state index in [2.05, 4.69) is 16.0 Å². The second-order valence-electron chi connectivity index (χ2n) is 4.94. The lowest BCUT2D eigenvalue weighted by Gasteiger charge is -2.28. The van der Waals surface area contributed by atoms with Crippen molar-refractivity contribution >= 4 is 5.96 Å². The summed E-state index contributed by atoms with van der Waals surface area (Å²) in [4.78, 5) is 6.61. The van der Waals surface area contributed by atoms with E-state index in [4.69, 9.17) is 15.2 Å². The Balaban J connectivity index is 1.98. The molecule has 1 saturated carbocycles. The highest BCUT2D eigenvalue weighted by molar-refractivity contribution is 5.81. The van der Waals surface area contributed by atoms with Crippen LogP contribution >= 0.6 is 0 Å². The number of rotatable bonds is 4. The summed E-state index contributed by atoms with van der Waals surface area (Å²) >= 11 is 0. The van der Waals surface area contributed by atoms with Crippen LogP contribution in [-0.4, -0.2) is 37.7 Å². The smallest absolute Gasteiger partial charge is 0.192 e. The van der Waals surface area contributed by atoms with Gasteiger partial charge in [0.05, 0.1) is 26.8 Å². The molecule has 0 saturated heterocycles. The van der Waals surface area contributed by atoms with Crippen molar-refractivity contribution in [3.8, 4) is 11.5 Å². The van der Waals surface area contributed by atoms with Crippen LogP contribution in [0.2, 0.25) is 0 Å². The fraction of sp³-hybridized carbons (Fsp3) is 0.500. The molecule has 1 unspecified atom stereocenters. The van der Waals surface area contributed by atoms with Crippen molar-refractivity contribution in [3.05, 3.63) is 23.8 Å². The monoisotopic (exact) mass is 261 g/mol. The molecule has 1 aromatic rings. The Morgan fingerprint density at radius 1 is 1.26 bits per heavy atom. The molecule has 1 atom stereocenters. The van der Waals surface area contributed by atoms with Crippen LogP contribution in [0.5, 0.6) is 11.5 Å². The zero-order valence-electron chi connectivity index (χ0n) is 11.3. The Kier molecular flexibility index (Phi) is 2.97. The molecule has 102 valence electrons. The van der Waals surface area contributed by atoms with Gasteiger partial charge in [-0.25, -0.2) is 0 Å². The number of hydrogen-bond donors (Lipinski definition) is 1. The first kappa shape index (κ1) is 12.1. The number of methoxy groups -OCH3 is 2. The highest BCUT2D eigenvalue weighted by atomic mass is 16.5. The van der Waals surface area contributed by atoms with Gasteiger partial charge in [-0.2, -0.15) is 0 Å². The van der Waals surface area contributed by atoms with Gasteiger partial charge in [0.15, 0.2) is 17.5 Å². The van der Waals surface area contributed by atoms with Crippen molar-refractivity contribution in [1.82, 2.24) is 4.90 Å². The van der Waals surface area contributed by atoms with E-state index in [0.29, 0.717) is 18.5 Å². The lowest BCUT2D eigenvalue weighted by Crippen LogP contribution is -2.37. The Hall–Kier alpha value is -1.91. The number of guanidine groups is 1. The summed E-state index contributed by atoms with van der Waals surface area (Å²) in [6, 6.07) is 6.65. The molecule has 19 heavy (non-hydrogen) atoms. The Morgan fingerprint density at radius 2 is 2.05 bits per heavy atom. The van der Waals surface area contributed by atoms with Crippen LogP contribution < -0.4 is 15.2 Å². The number of benzene rings is 1. The normalized spacial score (nSPS) is 22.3. The second kappa shape index (κ2) is 4.64. The highest BCUT2D eigenvalue weighted by Gasteiger charge is 2.40. The molecule has 0 bridgehead atoms. The summed E-state index contributed by atoms with van der Waals surface area (Å²) in [7, 11) is 3.32. The van der Waals surface area contributed by atoms with Gasteiger partial charge in [0.25, 0.3) is 0 Å². The van der Waals surface area contributed by atoms with Gasteiger partial charge in [-0.1, -0.05) is 12.1 Å². The summed E-state index contributed by atoms with van der Waals surface area (Å²) in [6.45, 7) is 0.686. The molecular formula is C14H19N3O2. The van der Waals surface area contributed by atoms with Crippen molar-refractivity contribution in [1.29, 1.82) is 0 Å². The summed E-state index contributed by atoms with van der Waals surface area (Å²) in [5.41, 5.74) is 7.11. The van der Waals surface area contributed by atoms with Gasteiger partial charge in [-0.3, -0.25) is 4.99 Å². The molecule has 1 heterocycles. The number of aliphatic imine (C=N–C) groups is 1. The predicted molar refractivity (Wildman–Crippen MR) is 73.6 cm³/mol. The molecule has 2 aliphatic rings. The van der Waals surface area contributed by atoms with Gasteiger partial charge in [0.2, 0.25) is 0 Å². The van der Waals surface area contributed by atoms with E-state index in [-0.39, 0.29) is 6.04 Å². The van der Waals surface area contributed by atoms with Crippen LogP contribution in [0.1, 0.15) is 24.4 Å². The van der Waals surface area contributed by atoms with Gasteiger partial charge < -0.3 is 20.1 Å². The van der Waals surface area contributed by atoms with Crippen molar-refractivity contribution in [2.24, 2.45) is 10.7 Å². The zero-order valence-corrected chi connectivity index (χ0v) is 11.3. The van der Waals surface area contributed by atoms with Crippen LogP contribution in [-0.2, 0) is 0 Å². The third-order valence-electron chi connectivity index (χ3n) is 3.76. The third kappa shape index (κ3) is 1.99. The van der Waals surface area contributed by atoms with Crippen molar-refractivity contribution < 1.29 is 9.47 Å². The second-order valence-corrected chi connectivity index (χ2v) is 4.94. The van der Waals surface area contributed by atoms with E-state index in [0.717, 1.165) is 17.1 Å². The van der Waals surface area contributed by atoms with Crippen LogP contribution in [0.4, 0.5) is 0 Å². The van der Waals surface area contributed by atoms with Crippen LogP contribution in [0.15, 0.2) is 23.2 Å². The molecule has 0 aromatic heterocycles. The van der Waals surface area contributed by atoms with Gasteiger partial charge >= 0.3 is 0 Å². The molecule has 0 spiro atoms. The van der Waals surface area contributed by atoms with Crippen molar-refractivity contribution in [2.45, 2.75) is 24.9 Å². The zero-order chi connectivity index (χ0) is 13.4.